The van der Waals surface area contributed by atoms with Crippen LogP contribution in [0.2, 0.25) is 0 Å². The lowest BCUT2D eigenvalue weighted by Crippen LogP contribution is -2.07. The Morgan fingerprint density at radius 3 is 2.44 bits per heavy atom. The monoisotopic (exact) mass is 361 g/mol. The first-order chi connectivity index (χ1) is 13.0. The normalized spacial score (nSPS) is 10.4. The standard InChI is InChI=1S/C23H23NO3/c1-16-10-12-18(13-11-16)15-27-22-9-4-3-6-19(22)14-24-21-8-5-7-20(17(21)2)23(25)26/h3-13,24H,14-15H2,1-2H3,(H,25,26). The molecule has 0 fully saturated rings. The molecule has 0 amide bonds. The van der Waals surface area contributed by atoms with Gasteiger partial charge in [-0.25, -0.2) is 4.79 Å². The second-order valence-electron chi connectivity index (χ2n) is 6.52. The number of hydrogen-bond acceptors (Lipinski definition) is 3. The SMILES string of the molecule is Cc1ccc(COc2ccccc2CNc2cccc(C(=O)O)c2C)cc1. The molecule has 0 atom stereocenters. The Hall–Kier alpha value is -3.27. The van der Waals surface area contributed by atoms with Crippen molar-refractivity contribution in [2.45, 2.75) is 27.0 Å². The van der Waals surface area contributed by atoms with Crippen molar-refractivity contribution in [2.24, 2.45) is 0 Å². The Balaban J connectivity index is 1.70. The Kier molecular flexibility index (Phi) is 5.77. The van der Waals surface area contributed by atoms with Crippen LogP contribution in [0, 0.1) is 13.8 Å². The summed E-state index contributed by atoms with van der Waals surface area (Å²) in [6.45, 7) is 4.93. The largest absolute Gasteiger partial charge is 0.489 e. The van der Waals surface area contributed by atoms with Gasteiger partial charge >= 0.3 is 5.97 Å². The third kappa shape index (κ3) is 4.67. The molecular weight excluding hydrogens is 338 g/mol. The molecule has 138 valence electrons. The number of hydrogen-bond donors (Lipinski definition) is 2. The average molecular weight is 361 g/mol. The summed E-state index contributed by atoms with van der Waals surface area (Å²) in [6, 6.07) is 21.4. The van der Waals surface area contributed by atoms with Crippen molar-refractivity contribution in [1.82, 2.24) is 0 Å². The van der Waals surface area contributed by atoms with Crippen LogP contribution in [0.15, 0.2) is 66.7 Å². The van der Waals surface area contributed by atoms with Gasteiger partial charge in [-0.2, -0.15) is 0 Å². The highest BCUT2D eigenvalue weighted by atomic mass is 16.5. The van der Waals surface area contributed by atoms with Gasteiger partial charge in [-0.15, -0.1) is 0 Å². The van der Waals surface area contributed by atoms with Crippen molar-refractivity contribution in [3.63, 3.8) is 0 Å². The Bertz CT molecular complexity index is 933. The van der Waals surface area contributed by atoms with Crippen LogP contribution in [0.5, 0.6) is 5.75 Å². The highest BCUT2D eigenvalue weighted by Gasteiger charge is 2.10. The minimum Gasteiger partial charge on any atom is -0.489 e. The van der Waals surface area contributed by atoms with Crippen molar-refractivity contribution in [3.8, 4) is 5.75 Å². The third-order valence-corrected chi connectivity index (χ3v) is 4.52. The average Bonchev–Trinajstić information content (AvgIpc) is 2.67. The van der Waals surface area contributed by atoms with Crippen molar-refractivity contribution in [1.29, 1.82) is 0 Å². The van der Waals surface area contributed by atoms with E-state index in [4.69, 9.17) is 4.74 Å². The van der Waals surface area contributed by atoms with Crippen LogP contribution in [0.3, 0.4) is 0 Å². The molecule has 0 saturated heterocycles. The summed E-state index contributed by atoms with van der Waals surface area (Å²) < 4.78 is 6.01. The summed E-state index contributed by atoms with van der Waals surface area (Å²) >= 11 is 0. The number of carboxylic acids is 1. The lowest BCUT2D eigenvalue weighted by atomic mass is 10.1. The Morgan fingerprint density at radius 1 is 0.963 bits per heavy atom. The van der Waals surface area contributed by atoms with Gasteiger partial charge in [0.05, 0.1) is 5.56 Å². The maximum absolute atomic E-state index is 11.3. The van der Waals surface area contributed by atoms with Gasteiger partial charge in [-0.1, -0.05) is 54.1 Å². The number of carboxylic acid groups (broad SMARTS) is 1. The van der Waals surface area contributed by atoms with E-state index in [1.54, 1.807) is 12.1 Å². The minimum absolute atomic E-state index is 0.309. The molecular formula is C23H23NO3. The van der Waals surface area contributed by atoms with Gasteiger partial charge in [0.1, 0.15) is 12.4 Å². The molecule has 0 unspecified atom stereocenters. The van der Waals surface area contributed by atoms with E-state index >= 15 is 0 Å². The quantitative estimate of drug-likeness (QED) is 0.608. The molecule has 0 aliphatic carbocycles. The van der Waals surface area contributed by atoms with Gasteiger partial charge in [0, 0.05) is 17.8 Å². The number of benzene rings is 3. The highest BCUT2D eigenvalue weighted by Crippen LogP contribution is 2.23. The van der Waals surface area contributed by atoms with E-state index in [1.807, 2.05) is 37.3 Å². The number of carbonyl (C=O) groups is 1. The zero-order valence-electron chi connectivity index (χ0n) is 15.5. The number of ether oxygens (including phenoxy) is 1. The van der Waals surface area contributed by atoms with Gasteiger partial charge in [-0.05, 0) is 43.2 Å². The first-order valence-corrected chi connectivity index (χ1v) is 8.87. The number of anilines is 1. The lowest BCUT2D eigenvalue weighted by Gasteiger charge is -2.15. The summed E-state index contributed by atoms with van der Waals surface area (Å²) in [5.74, 6) is -0.101. The summed E-state index contributed by atoms with van der Waals surface area (Å²) in [5, 5.41) is 12.6. The zero-order chi connectivity index (χ0) is 19.2. The second kappa shape index (κ2) is 8.41. The van der Waals surface area contributed by atoms with Gasteiger partial charge in [0.15, 0.2) is 0 Å². The van der Waals surface area contributed by atoms with Gasteiger partial charge < -0.3 is 15.2 Å². The highest BCUT2D eigenvalue weighted by molar-refractivity contribution is 5.91. The van der Waals surface area contributed by atoms with Crippen LogP contribution in [0.25, 0.3) is 0 Å². The van der Waals surface area contributed by atoms with Gasteiger partial charge in [0.2, 0.25) is 0 Å². The van der Waals surface area contributed by atoms with E-state index in [0.717, 1.165) is 28.1 Å². The Labute approximate surface area is 159 Å². The van der Waals surface area contributed by atoms with Crippen LogP contribution in [0.4, 0.5) is 5.69 Å². The van der Waals surface area contributed by atoms with Crippen molar-refractivity contribution in [2.75, 3.05) is 5.32 Å². The lowest BCUT2D eigenvalue weighted by molar-refractivity contribution is 0.0696. The first kappa shape index (κ1) is 18.5. The van der Waals surface area contributed by atoms with Gasteiger partial charge in [0.25, 0.3) is 0 Å². The maximum atomic E-state index is 11.3. The van der Waals surface area contributed by atoms with Crippen molar-refractivity contribution >= 4 is 11.7 Å². The van der Waals surface area contributed by atoms with E-state index in [0.29, 0.717) is 18.7 Å². The first-order valence-electron chi connectivity index (χ1n) is 8.87. The van der Waals surface area contributed by atoms with E-state index in [9.17, 15) is 9.90 Å². The zero-order valence-corrected chi connectivity index (χ0v) is 15.5. The molecule has 2 N–H and O–H groups in total. The molecule has 0 saturated carbocycles. The predicted octanol–water partition coefficient (Wildman–Crippen LogP) is 5.19. The summed E-state index contributed by atoms with van der Waals surface area (Å²) in [7, 11) is 0. The van der Waals surface area contributed by atoms with Crippen molar-refractivity contribution < 1.29 is 14.6 Å². The summed E-state index contributed by atoms with van der Waals surface area (Å²) in [4.78, 5) is 11.3. The maximum Gasteiger partial charge on any atom is 0.336 e. The van der Waals surface area contributed by atoms with E-state index in [2.05, 4.69) is 36.5 Å². The predicted molar refractivity (Wildman–Crippen MR) is 107 cm³/mol. The van der Waals surface area contributed by atoms with Crippen LogP contribution in [-0.2, 0) is 13.2 Å². The topological polar surface area (TPSA) is 58.6 Å². The number of aryl methyl sites for hydroxylation is 1. The van der Waals surface area contributed by atoms with E-state index in [-0.39, 0.29) is 0 Å². The van der Waals surface area contributed by atoms with Crippen LogP contribution < -0.4 is 10.1 Å². The molecule has 27 heavy (non-hydrogen) atoms. The summed E-state index contributed by atoms with van der Waals surface area (Å²) in [6.07, 6.45) is 0. The number of aromatic carboxylic acids is 1. The molecule has 0 bridgehead atoms. The summed E-state index contributed by atoms with van der Waals surface area (Å²) in [5.41, 5.74) is 5.20. The molecule has 0 radical (unpaired) electrons. The number of para-hydroxylation sites is 1. The molecule has 0 spiro atoms. The van der Waals surface area contributed by atoms with Crippen LogP contribution >= 0.6 is 0 Å². The molecule has 3 rings (SSSR count). The van der Waals surface area contributed by atoms with E-state index in [1.165, 1.54) is 5.56 Å². The fraction of sp³-hybridized carbons (Fsp3) is 0.174. The molecule has 4 heteroatoms. The molecule has 0 aromatic heterocycles. The molecule has 3 aromatic rings. The minimum atomic E-state index is -0.919. The molecule has 0 aliphatic heterocycles. The Morgan fingerprint density at radius 2 is 1.70 bits per heavy atom. The fourth-order valence-electron chi connectivity index (χ4n) is 2.89. The van der Waals surface area contributed by atoms with Crippen molar-refractivity contribution in [3.05, 3.63) is 94.5 Å². The van der Waals surface area contributed by atoms with E-state index < -0.39 is 5.97 Å². The molecule has 0 heterocycles. The van der Waals surface area contributed by atoms with Crippen LogP contribution in [0.1, 0.15) is 32.6 Å². The van der Waals surface area contributed by atoms with Gasteiger partial charge in [-0.3, -0.25) is 0 Å². The molecule has 3 aromatic carbocycles. The number of nitrogens with one attached hydrogen (secondary N) is 1. The molecule has 0 aliphatic rings. The smallest absolute Gasteiger partial charge is 0.336 e. The van der Waals surface area contributed by atoms with Crippen LogP contribution in [-0.4, -0.2) is 11.1 Å². The second-order valence-corrected chi connectivity index (χ2v) is 6.52. The third-order valence-electron chi connectivity index (χ3n) is 4.52. The fourth-order valence-corrected chi connectivity index (χ4v) is 2.89. The number of rotatable bonds is 7. The molecule has 4 nitrogen and oxygen atoms in total.